The molecule has 2 atom stereocenters. The maximum atomic E-state index is 11.8. The monoisotopic (exact) mass is 248 g/mol. The maximum Gasteiger partial charge on any atom is 0.237 e. The summed E-state index contributed by atoms with van der Waals surface area (Å²) < 4.78 is 5.91. The highest BCUT2D eigenvalue weighted by Gasteiger charge is 2.34. The molecule has 3 N–H and O–H groups in total. The summed E-state index contributed by atoms with van der Waals surface area (Å²) in [4.78, 5) is 11.8. The van der Waals surface area contributed by atoms with Crippen LogP contribution < -0.4 is 15.8 Å². The summed E-state index contributed by atoms with van der Waals surface area (Å²) >= 11 is 0. The number of carbonyl (C=O) groups excluding carboxylic acids is 1. The molecule has 18 heavy (non-hydrogen) atoms. The minimum atomic E-state index is -0.497. The number of amides is 1. The molecule has 1 amide bonds. The number of para-hydroxylation sites is 1. The van der Waals surface area contributed by atoms with E-state index in [1.165, 1.54) is 0 Å². The van der Waals surface area contributed by atoms with Crippen LogP contribution in [0.5, 0.6) is 5.75 Å². The van der Waals surface area contributed by atoms with Crippen molar-refractivity contribution >= 4 is 5.91 Å². The normalized spacial score (nSPS) is 22.6. The Morgan fingerprint density at radius 1 is 1.50 bits per heavy atom. The van der Waals surface area contributed by atoms with Gasteiger partial charge in [0.15, 0.2) is 0 Å². The van der Waals surface area contributed by atoms with Gasteiger partial charge in [-0.25, -0.2) is 0 Å². The van der Waals surface area contributed by atoms with Gasteiger partial charge < -0.3 is 15.8 Å². The number of hydrogen-bond acceptors (Lipinski definition) is 3. The predicted molar refractivity (Wildman–Crippen MR) is 70.3 cm³/mol. The highest BCUT2D eigenvalue weighted by atomic mass is 16.5. The van der Waals surface area contributed by atoms with Gasteiger partial charge in [-0.1, -0.05) is 18.2 Å². The molecule has 1 aliphatic heterocycles. The molecule has 4 nitrogen and oxygen atoms in total. The van der Waals surface area contributed by atoms with Crippen LogP contribution in [0.25, 0.3) is 0 Å². The zero-order valence-corrected chi connectivity index (χ0v) is 11.1. The van der Waals surface area contributed by atoms with E-state index in [0.29, 0.717) is 0 Å². The lowest BCUT2D eigenvalue weighted by molar-refractivity contribution is -0.123. The van der Waals surface area contributed by atoms with Gasteiger partial charge in [0.2, 0.25) is 5.91 Å². The number of hydrogen-bond donors (Lipinski definition) is 2. The van der Waals surface area contributed by atoms with Crippen LogP contribution in [0.15, 0.2) is 24.3 Å². The van der Waals surface area contributed by atoms with Crippen molar-refractivity contribution in [2.75, 3.05) is 0 Å². The van der Waals surface area contributed by atoms with Crippen LogP contribution in [0.2, 0.25) is 0 Å². The molecular formula is C14H20N2O2. The third kappa shape index (κ3) is 2.64. The Kier molecular flexibility index (Phi) is 3.30. The summed E-state index contributed by atoms with van der Waals surface area (Å²) in [6.45, 7) is 5.73. The quantitative estimate of drug-likeness (QED) is 0.838. The topological polar surface area (TPSA) is 64.4 Å². The number of nitrogens with two attached hydrogens (primary N) is 1. The lowest BCUT2D eigenvalue weighted by Crippen LogP contribution is -2.45. The number of carbonyl (C=O) groups is 1. The number of ether oxygens (including phenoxy) is 1. The zero-order chi connectivity index (χ0) is 13.3. The van der Waals surface area contributed by atoms with E-state index in [4.69, 9.17) is 10.5 Å². The molecule has 0 saturated carbocycles. The molecule has 1 aliphatic rings. The van der Waals surface area contributed by atoms with Crippen molar-refractivity contribution < 1.29 is 9.53 Å². The first-order chi connectivity index (χ1) is 8.39. The van der Waals surface area contributed by atoms with Gasteiger partial charge in [0, 0.05) is 12.0 Å². The Balaban J connectivity index is 2.27. The van der Waals surface area contributed by atoms with Crippen molar-refractivity contribution in [3.05, 3.63) is 29.8 Å². The Morgan fingerprint density at radius 2 is 2.17 bits per heavy atom. The van der Waals surface area contributed by atoms with Gasteiger partial charge in [-0.05, 0) is 26.8 Å². The van der Waals surface area contributed by atoms with Gasteiger partial charge in [0.25, 0.3) is 0 Å². The molecule has 1 heterocycles. The average molecular weight is 248 g/mol. The lowest BCUT2D eigenvalue weighted by atomic mass is 9.89. The Bertz CT molecular complexity index is 455. The van der Waals surface area contributed by atoms with Gasteiger partial charge in [-0.3, -0.25) is 4.79 Å². The van der Waals surface area contributed by atoms with E-state index >= 15 is 0 Å². The fourth-order valence-electron chi connectivity index (χ4n) is 2.23. The van der Waals surface area contributed by atoms with Gasteiger partial charge in [0.1, 0.15) is 11.4 Å². The van der Waals surface area contributed by atoms with E-state index in [-0.39, 0.29) is 17.6 Å². The predicted octanol–water partition coefficient (Wildman–Crippen LogP) is 1.75. The Hall–Kier alpha value is -1.55. The fraction of sp³-hybridized carbons (Fsp3) is 0.500. The maximum absolute atomic E-state index is 11.8. The molecule has 0 bridgehead atoms. The van der Waals surface area contributed by atoms with E-state index in [0.717, 1.165) is 17.7 Å². The molecule has 0 radical (unpaired) electrons. The van der Waals surface area contributed by atoms with E-state index in [2.05, 4.69) is 5.32 Å². The first-order valence-electron chi connectivity index (χ1n) is 6.23. The molecule has 98 valence electrons. The second kappa shape index (κ2) is 4.61. The molecule has 2 rings (SSSR count). The SMILES string of the molecule is C[C@H](N)C(=O)NC1CC(C)(C)Oc2ccccc21. The molecule has 0 fully saturated rings. The highest BCUT2D eigenvalue weighted by molar-refractivity contribution is 5.81. The molecular weight excluding hydrogens is 228 g/mol. The van der Waals surface area contributed by atoms with Crippen LogP contribution in [-0.2, 0) is 4.79 Å². The van der Waals surface area contributed by atoms with E-state index in [9.17, 15) is 4.79 Å². The second-order valence-corrected chi connectivity index (χ2v) is 5.45. The third-order valence-corrected chi connectivity index (χ3v) is 3.11. The van der Waals surface area contributed by atoms with Gasteiger partial charge in [-0.2, -0.15) is 0 Å². The van der Waals surface area contributed by atoms with Gasteiger partial charge >= 0.3 is 0 Å². The summed E-state index contributed by atoms with van der Waals surface area (Å²) in [6.07, 6.45) is 0.739. The standard InChI is InChI=1S/C14H20N2O2/c1-9(15)13(17)16-11-8-14(2,3)18-12-7-5-4-6-10(11)12/h4-7,9,11H,8,15H2,1-3H3,(H,16,17)/t9-,11?/m0/s1. The summed E-state index contributed by atoms with van der Waals surface area (Å²) in [5.41, 5.74) is 6.33. The van der Waals surface area contributed by atoms with Crippen molar-refractivity contribution in [1.82, 2.24) is 5.32 Å². The van der Waals surface area contributed by atoms with E-state index in [1.54, 1.807) is 6.92 Å². The van der Waals surface area contributed by atoms with Crippen LogP contribution in [0.4, 0.5) is 0 Å². The van der Waals surface area contributed by atoms with Crippen LogP contribution >= 0.6 is 0 Å². The smallest absolute Gasteiger partial charge is 0.237 e. The van der Waals surface area contributed by atoms with Crippen molar-refractivity contribution in [3.63, 3.8) is 0 Å². The fourth-order valence-corrected chi connectivity index (χ4v) is 2.23. The zero-order valence-electron chi connectivity index (χ0n) is 11.1. The second-order valence-electron chi connectivity index (χ2n) is 5.45. The molecule has 0 saturated heterocycles. The Labute approximate surface area is 108 Å². The van der Waals surface area contributed by atoms with Crippen LogP contribution in [0, 0.1) is 0 Å². The minimum absolute atomic E-state index is 0.0385. The largest absolute Gasteiger partial charge is 0.487 e. The highest BCUT2D eigenvalue weighted by Crippen LogP contribution is 2.39. The lowest BCUT2D eigenvalue weighted by Gasteiger charge is -2.38. The van der Waals surface area contributed by atoms with Crippen LogP contribution in [-0.4, -0.2) is 17.6 Å². The molecule has 1 aromatic carbocycles. The summed E-state index contributed by atoms with van der Waals surface area (Å²) in [5.74, 6) is 0.705. The van der Waals surface area contributed by atoms with E-state index < -0.39 is 6.04 Å². The van der Waals surface area contributed by atoms with Crippen molar-refractivity contribution in [1.29, 1.82) is 0 Å². The van der Waals surface area contributed by atoms with Gasteiger partial charge in [0.05, 0.1) is 12.1 Å². The molecule has 1 aromatic rings. The van der Waals surface area contributed by atoms with Gasteiger partial charge in [-0.15, -0.1) is 0 Å². The minimum Gasteiger partial charge on any atom is -0.487 e. The van der Waals surface area contributed by atoms with Crippen LogP contribution in [0.1, 0.15) is 38.8 Å². The number of fused-ring (bicyclic) bond motifs is 1. The molecule has 1 unspecified atom stereocenters. The van der Waals surface area contributed by atoms with E-state index in [1.807, 2.05) is 38.1 Å². The number of benzene rings is 1. The molecule has 4 heteroatoms. The van der Waals surface area contributed by atoms with Crippen molar-refractivity contribution in [2.24, 2.45) is 5.73 Å². The first kappa shape index (κ1) is 12.9. The Morgan fingerprint density at radius 3 is 2.83 bits per heavy atom. The molecule has 0 aliphatic carbocycles. The molecule has 0 aromatic heterocycles. The van der Waals surface area contributed by atoms with Crippen LogP contribution in [0.3, 0.4) is 0 Å². The first-order valence-corrected chi connectivity index (χ1v) is 6.23. The average Bonchev–Trinajstić information content (AvgIpc) is 2.27. The molecule has 0 spiro atoms. The van der Waals surface area contributed by atoms with Crippen molar-refractivity contribution in [2.45, 2.75) is 44.9 Å². The number of rotatable bonds is 2. The summed E-state index contributed by atoms with van der Waals surface area (Å²) in [6, 6.07) is 7.26. The third-order valence-electron chi connectivity index (χ3n) is 3.11. The summed E-state index contributed by atoms with van der Waals surface area (Å²) in [7, 11) is 0. The van der Waals surface area contributed by atoms with Crippen molar-refractivity contribution in [3.8, 4) is 5.75 Å². The summed E-state index contributed by atoms with van der Waals surface area (Å²) in [5, 5.41) is 2.99. The number of nitrogens with one attached hydrogen (secondary N) is 1.